The summed E-state index contributed by atoms with van der Waals surface area (Å²) in [5.74, 6) is 0. The first-order valence-corrected chi connectivity index (χ1v) is 29.7. The molecule has 0 saturated heterocycles. The van der Waals surface area contributed by atoms with Gasteiger partial charge in [-0.25, -0.2) is 0 Å². The van der Waals surface area contributed by atoms with E-state index in [1.165, 1.54) is 0 Å². The van der Waals surface area contributed by atoms with Crippen molar-refractivity contribution in [1.29, 1.82) is 0 Å². The molecule has 162 valence electrons. The summed E-state index contributed by atoms with van der Waals surface area (Å²) < 4.78 is 8.83. The molecule has 0 saturated carbocycles. The maximum Gasteiger partial charge on any atom is -0.147 e. The molecule has 0 amide bonds. The first-order valence-electron chi connectivity index (χ1n) is 9.96. The van der Waals surface area contributed by atoms with Crippen LogP contribution in [0.25, 0.3) is 0 Å². The van der Waals surface area contributed by atoms with E-state index in [2.05, 4.69) is 66.6 Å². The van der Waals surface area contributed by atoms with Crippen LogP contribution in [0.4, 0.5) is 0 Å². The first-order chi connectivity index (χ1) is 11.9. The largest absolute Gasteiger partial charge is 0.147 e. The van der Waals surface area contributed by atoms with Crippen molar-refractivity contribution in [3.8, 4) is 0 Å². The number of aliphatic hydroxyl groups excluding tert-OH is 2. The molecule has 0 aromatic rings. The maximum atomic E-state index is 9.60. The zero-order chi connectivity index (χ0) is 19.8. The number of rotatable bonds is 8. The van der Waals surface area contributed by atoms with Gasteiger partial charge in [0.2, 0.25) is 0 Å². The monoisotopic (exact) mass is 556 g/mol. The van der Waals surface area contributed by atoms with Gasteiger partial charge in [-0.15, -0.1) is 24.8 Å². The molecule has 0 aromatic carbocycles. The fraction of sp³-hybridized carbons (Fsp3) is 0.600. The van der Waals surface area contributed by atoms with Crippen LogP contribution in [0, 0.1) is 0 Å². The summed E-state index contributed by atoms with van der Waals surface area (Å²) in [7, 11) is -3.19. The second-order valence-electron chi connectivity index (χ2n) is 10.4. The summed E-state index contributed by atoms with van der Waals surface area (Å²) in [4.78, 5) is 0. The third-order valence-corrected chi connectivity index (χ3v) is 31.7. The topological polar surface area (TPSA) is 40.5 Å². The predicted octanol–water partition coefficient (Wildman–Crippen LogP) is 5.07. The van der Waals surface area contributed by atoms with Crippen molar-refractivity contribution in [2.24, 2.45) is 0 Å². The van der Waals surface area contributed by atoms with Crippen LogP contribution in [0.5, 0.6) is 0 Å². The van der Waals surface area contributed by atoms with Crippen molar-refractivity contribution in [3.05, 3.63) is 41.3 Å². The molecule has 0 unspecified atom stereocenters. The SMILES string of the molecule is C[Si](C)(CCO)C1=[C]([Zr]([CH3])([CH3])(=[SiH2])[C]2=C([Si](C)(C)CCO)C=CC2)CC=C1.Cl.Cl. The molecule has 2 aliphatic carbocycles. The van der Waals surface area contributed by atoms with E-state index in [1.807, 2.05) is 0 Å². The first kappa shape index (κ1) is 29.0. The quantitative estimate of drug-likeness (QED) is 0.409. The minimum absolute atomic E-state index is 0. The molecule has 28 heavy (non-hydrogen) atoms. The molecule has 0 aliphatic heterocycles. The van der Waals surface area contributed by atoms with Crippen LogP contribution in [-0.2, 0) is 17.4 Å². The number of aliphatic hydroxyl groups is 2. The van der Waals surface area contributed by atoms with Crippen LogP contribution in [0.2, 0.25) is 47.5 Å². The van der Waals surface area contributed by atoms with Crippen LogP contribution in [0.3, 0.4) is 0 Å². The number of hydrogen-bond acceptors (Lipinski definition) is 2. The van der Waals surface area contributed by atoms with Gasteiger partial charge in [-0.05, 0) is 0 Å². The molecule has 2 aliphatic rings. The third-order valence-electron chi connectivity index (χ3n) is 6.73. The van der Waals surface area contributed by atoms with Crippen molar-refractivity contribution >= 4 is 47.8 Å². The predicted molar refractivity (Wildman–Crippen MR) is 135 cm³/mol. The average molecular weight is 559 g/mol. The Morgan fingerprint density at radius 2 is 1.14 bits per heavy atom. The molecule has 0 aromatic heterocycles. The van der Waals surface area contributed by atoms with Gasteiger partial charge < -0.3 is 0 Å². The van der Waals surface area contributed by atoms with Crippen molar-refractivity contribution in [2.45, 2.75) is 60.4 Å². The molecule has 2 nitrogen and oxygen atoms in total. The Labute approximate surface area is 189 Å². The van der Waals surface area contributed by atoms with Crippen LogP contribution in [0.15, 0.2) is 41.3 Å². The molecule has 0 bridgehead atoms. The van der Waals surface area contributed by atoms with Crippen LogP contribution >= 0.6 is 24.8 Å². The molecule has 2 N–H and O–H groups in total. The smallest absolute Gasteiger partial charge is 0.147 e. The molecule has 0 spiro atoms. The van der Waals surface area contributed by atoms with Crippen LogP contribution in [0.1, 0.15) is 12.8 Å². The molecular formula is C20H40Cl2O2Si3Zr. The van der Waals surface area contributed by atoms with Gasteiger partial charge >= 0.3 is 165 Å². The standard InChI is InChI=1S/2C9H15OSi.2CH3.2ClH.H2Si.Zr/c2*1-11(2,8-7-10)9-5-3-4-6-9;;;;;;/h2*3,5,10H,4,7-8H2,1-2H3;2*1H3;2*1H;1H2;. The van der Waals surface area contributed by atoms with Gasteiger partial charge in [-0.2, -0.15) is 0 Å². The van der Waals surface area contributed by atoms with Gasteiger partial charge in [0.25, 0.3) is 0 Å². The zero-order valence-electron chi connectivity index (χ0n) is 18.5. The van der Waals surface area contributed by atoms with Crippen LogP contribution < -0.4 is 0 Å². The normalized spacial score (nSPS) is 17.9. The Hall–Kier alpha value is 0.994. The second kappa shape index (κ2) is 10.1. The fourth-order valence-electron chi connectivity index (χ4n) is 4.81. The Kier molecular flexibility index (Phi) is 10.4. The molecule has 0 fully saturated rings. The van der Waals surface area contributed by atoms with E-state index in [9.17, 15) is 10.2 Å². The Morgan fingerprint density at radius 3 is 1.43 bits per heavy atom. The van der Waals surface area contributed by atoms with Crippen molar-refractivity contribution in [1.82, 2.24) is 0 Å². The van der Waals surface area contributed by atoms with E-state index in [1.54, 1.807) is 17.0 Å². The Bertz CT molecular complexity index is 716. The Balaban J connectivity index is 0.00000364. The van der Waals surface area contributed by atoms with Crippen LogP contribution in [-0.4, -0.2) is 46.5 Å². The van der Waals surface area contributed by atoms with Crippen molar-refractivity contribution < 1.29 is 27.6 Å². The minimum Gasteiger partial charge on any atom is -0.147 e. The number of allylic oxidation sites excluding steroid dienone is 8. The van der Waals surface area contributed by atoms with E-state index in [-0.39, 0.29) is 24.8 Å². The van der Waals surface area contributed by atoms with E-state index < -0.39 is 33.5 Å². The van der Waals surface area contributed by atoms with E-state index in [0.29, 0.717) is 13.2 Å². The summed E-state index contributed by atoms with van der Waals surface area (Å²) in [6.07, 6.45) is 11.8. The van der Waals surface area contributed by atoms with Gasteiger partial charge in [0.15, 0.2) is 0 Å². The molecule has 0 heterocycles. The van der Waals surface area contributed by atoms with Gasteiger partial charge in [0.1, 0.15) is 0 Å². The molecular weight excluding hydrogens is 519 g/mol. The molecule has 2 rings (SSSR count). The van der Waals surface area contributed by atoms with E-state index in [0.717, 1.165) is 24.9 Å². The summed E-state index contributed by atoms with van der Waals surface area (Å²) in [5.41, 5.74) is 0. The third kappa shape index (κ3) is 5.61. The Morgan fingerprint density at radius 1 is 0.821 bits per heavy atom. The average Bonchev–Trinajstić information content (AvgIpc) is 3.18. The fourth-order valence-corrected chi connectivity index (χ4v) is 34.6. The summed E-state index contributed by atoms with van der Waals surface area (Å²) in [6.45, 7) is 12.7. The van der Waals surface area contributed by atoms with Crippen molar-refractivity contribution in [2.75, 3.05) is 13.2 Å². The second-order valence-corrected chi connectivity index (χ2v) is 48.7. The minimum atomic E-state index is -3.25. The van der Waals surface area contributed by atoms with Crippen molar-refractivity contribution in [3.63, 3.8) is 0 Å². The summed E-state index contributed by atoms with van der Waals surface area (Å²) in [6, 6.07) is 1.92. The van der Waals surface area contributed by atoms with Gasteiger partial charge in [-0.1, -0.05) is 0 Å². The van der Waals surface area contributed by atoms with Gasteiger partial charge in [-0.3, -0.25) is 0 Å². The molecule has 0 atom stereocenters. The van der Waals surface area contributed by atoms with Gasteiger partial charge in [0.05, 0.1) is 0 Å². The molecule has 0 radical (unpaired) electrons. The number of halogens is 2. The summed E-state index contributed by atoms with van der Waals surface area (Å²) >= 11 is -3.25. The molecule has 8 heteroatoms. The number of hydrogen-bond donors (Lipinski definition) is 2. The van der Waals surface area contributed by atoms with E-state index in [4.69, 9.17) is 0 Å². The summed E-state index contributed by atoms with van der Waals surface area (Å²) in [5, 5.41) is 22.5. The zero-order valence-corrected chi connectivity index (χ0v) is 26.0. The van der Waals surface area contributed by atoms with Gasteiger partial charge in [0, 0.05) is 0 Å². The van der Waals surface area contributed by atoms with E-state index >= 15 is 0 Å². The maximum absolute atomic E-state index is 9.60.